The van der Waals surface area contributed by atoms with Crippen molar-refractivity contribution < 1.29 is 23.1 Å². The second kappa shape index (κ2) is 6.18. The van der Waals surface area contributed by atoms with Gasteiger partial charge in [0.25, 0.3) is 0 Å². The van der Waals surface area contributed by atoms with Crippen LogP contribution in [0.1, 0.15) is 26.8 Å². The topological polar surface area (TPSA) is 76.2 Å². The summed E-state index contributed by atoms with van der Waals surface area (Å²) in [4.78, 5) is 13.1. The van der Waals surface area contributed by atoms with E-state index in [0.717, 1.165) is 0 Å². The fourth-order valence-electron chi connectivity index (χ4n) is 1.06. The van der Waals surface area contributed by atoms with E-state index < -0.39 is 22.7 Å². The summed E-state index contributed by atoms with van der Waals surface area (Å²) in [5.41, 5.74) is 3.88. The highest BCUT2D eigenvalue weighted by Crippen LogP contribution is 2.34. The molecule has 0 aliphatic carbocycles. The third kappa shape index (κ3) is 4.14. The van der Waals surface area contributed by atoms with E-state index in [0.29, 0.717) is 24.3 Å². The molecule has 0 saturated heterocycles. The molecule has 0 radical (unpaired) electrons. The number of hydrogen-bond donors (Lipinski definition) is 2. The smallest absolute Gasteiger partial charge is 0.435 e. The van der Waals surface area contributed by atoms with Crippen LogP contribution in [0.15, 0.2) is 0 Å². The monoisotopic (exact) mass is 290 g/mol. The molecule has 1 aromatic rings. The lowest BCUT2D eigenvalue weighted by Gasteiger charge is -2.02. The number of thiazole rings is 1. The molecule has 3 N–H and O–H groups in total. The van der Waals surface area contributed by atoms with E-state index in [1.807, 2.05) is 0 Å². The minimum absolute atomic E-state index is 0. The molecule has 0 amide bonds. The molecule has 4 nitrogen and oxygen atoms in total. The molecule has 0 bridgehead atoms. The van der Waals surface area contributed by atoms with Gasteiger partial charge in [-0.05, 0) is 13.0 Å². The number of carboxylic acids is 1. The van der Waals surface area contributed by atoms with Crippen molar-refractivity contribution in [3.63, 3.8) is 0 Å². The molecule has 0 saturated carbocycles. The summed E-state index contributed by atoms with van der Waals surface area (Å²) >= 11 is 0.548. The van der Waals surface area contributed by atoms with Gasteiger partial charge in [-0.25, -0.2) is 9.78 Å². The van der Waals surface area contributed by atoms with Crippen LogP contribution in [0.3, 0.4) is 0 Å². The molecular weight excluding hydrogens is 281 g/mol. The summed E-state index contributed by atoms with van der Waals surface area (Å²) in [6, 6.07) is 0. The Hall–Kier alpha value is -0.860. The fourth-order valence-corrected chi connectivity index (χ4v) is 2.03. The van der Waals surface area contributed by atoms with Crippen LogP contribution in [0.2, 0.25) is 0 Å². The Kier molecular flexibility index (Phi) is 5.86. The Morgan fingerprint density at radius 1 is 1.47 bits per heavy atom. The second-order valence-electron chi connectivity index (χ2n) is 2.98. The van der Waals surface area contributed by atoms with Gasteiger partial charge in [0.2, 0.25) is 0 Å². The molecule has 0 fully saturated rings. The number of carbonyl (C=O) groups is 1. The van der Waals surface area contributed by atoms with Crippen LogP contribution in [0.5, 0.6) is 0 Å². The highest BCUT2D eigenvalue weighted by Gasteiger charge is 2.39. The summed E-state index contributed by atoms with van der Waals surface area (Å²) in [5.74, 6) is -1.61. The number of aryl methyl sites for hydroxylation is 1. The van der Waals surface area contributed by atoms with Crippen LogP contribution in [0.4, 0.5) is 13.2 Å². The van der Waals surface area contributed by atoms with Gasteiger partial charge in [0.1, 0.15) is 4.88 Å². The first-order valence-corrected chi connectivity index (χ1v) is 5.18. The van der Waals surface area contributed by atoms with Crippen LogP contribution in [0, 0.1) is 0 Å². The lowest BCUT2D eigenvalue weighted by atomic mass is 10.3. The van der Waals surface area contributed by atoms with Gasteiger partial charge in [-0.15, -0.1) is 23.7 Å². The lowest BCUT2D eigenvalue weighted by molar-refractivity contribution is -0.141. The Labute approximate surface area is 105 Å². The average Bonchev–Trinajstić information content (AvgIpc) is 2.58. The molecule has 1 heterocycles. The van der Waals surface area contributed by atoms with Gasteiger partial charge >= 0.3 is 12.1 Å². The SMILES string of the molecule is Cl.NCCCc1nc(C(F)(F)F)c(C(=O)O)s1. The summed E-state index contributed by atoms with van der Waals surface area (Å²) in [6.45, 7) is 0.323. The third-order valence-electron chi connectivity index (χ3n) is 1.73. The number of alkyl halides is 3. The van der Waals surface area contributed by atoms with E-state index in [9.17, 15) is 18.0 Å². The van der Waals surface area contributed by atoms with Gasteiger partial charge in [-0.3, -0.25) is 0 Å². The Balaban J connectivity index is 0.00000256. The van der Waals surface area contributed by atoms with Crippen LogP contribution < -0.4 is 5.73 Å². The van der Waals surface area contributed by atoms with Gasteiger partial charge in [0.15, 0.2) is 5.69 Å². The number of carboxylic acid groups (broad SMARTS) is 1. The molecule has 0 unspecified atom stereocenters. The Morgan fingerprint density at radius 2 is 2.06 bits per heavy atom. The van der Waals surface area contributed by atoms with Crippen molar-refractivity contribution in [2.75, 3.05) is 6.54 Å². The van der Waals surface area contributed by atoms with Crippen molar-refractivity contribution in [1.82, 2.24) is 4.98 Å². The van der Waals surface area contributed by atoms with Crippen molar-refractivity contribution in [3.05, 3.63) is 15.6 Å². The molecule has 0 aliphatic rings. The highest BCUT2D eigenvalue weighted by atomic mass is 35.5. The molecule has 1 aromatic heterocycles. The summed E-state index contributed by atoms with van der Waals surface area (Å²) in [6.07, 6.45) is -3.99. The standard InChI is InChI=1S/C8H9F3N2O2S.ClH/c9-8(10,11)6-5(7(14)15)16-4(13-6)2-1-3-12;/h1-3,12H2,(H,14,15);1H. The second-order valence-corrected chi connectivity index (χ2v) is 4.06. The first-order chi connectivity index (χ1) is 7.36. The molecule has 0 aliphatic heterocycles. The quantitative estimate of drug-likeness (QED) is 0.891. The summed E-state index contributed by atoms with van der Waals surface area (Å²) in [7, 11) is 0. The maximum absolute atomic E-state index is 12.4. The molecule has 9 heteroatoms. The van der Waals surface area contributed by atoms with Crippen molar-refractivity contribution in [3.8, 4) is 0 Å². The molecule has 0 aromatic carbocycles. The van der Waals surface area contributed by atoms with E-state index in [2.05, 4.69) is 4.98 Å². The zero-order chi connectivity index (χ0) is 12.3. The number of nitrogens with zero attached hydrogens (tertiary/aromatic N) is 1. The van der Waals surface area contributed by atoms with E-state index in [4.69, 9.17) is 10.8 Å². The number of aromatic nitrogens is 1. The van der Waals surface area contributed by atoms with Gasteiger partial charge in [0.05, 0.1) is 5.01 Å². The van der Waals surface area contributed by atoms with Crippen molar-refractivity contribution in [2.45, 2.75) is 19.0 Å². The summed E-state index contributed by atoms with van der Waals surface area (Å²) in [5, 5.41) is 8.76. The zero-order valence-corrected chi connectivity index (χ0v) is 10.1. The number of nitrogens with two attached hydrogens (primary N) is 1. The fraction of sp³-hybridized carbons (Fsp3) is 0.500. The maximum atomic E-state index is 12.4. The van der Waals surface area contributed by atoms with E-state index in [-0.39, 0.29) is 23.8 Å². The number of rotatable bonds is 4. The molecule has 17 heavy (non-hydrogen) atoms. The van der Waals surface area contributed by atoms with E-state index in [1.54, 1.807) is 0 Å². The summed E-state index contributed by atoms with van der Waals surface area (Å²) < 4.78 is 37.2. The largest absolute Gasteiger partial charge is 0.477 e. The minimum Gasteiger partial charge on any atom is -0.477 e. The maximum Gasteiger partial charge on any atom is 0.435 e. The number of aromatic carboxylic acids is 1. The third-order valence-corrected chi connectivity index (χ3v) is 2.83. The van der Waals surface area contributed by atoms with Gasteiger partial charge in [-0.2, -0.15) is 13.2 Å². The first-order valence-electron chi connectivity index (χ1n) is 4.36. The molecule has 0 spiro atoms. The molecular formula is C8H10ClF3N2O2S. The van der Waals surface area contributed by atoms with Gasteiger partial charge in [0, 0.05) is 6.42 Å². The van der Waals surface area contributed by atoms with Crippen LogP contribution >= 0.6 is 23.7 Å². The van der Waals surface area contributed by atoms with Crippen LogP contribution in [0.25, 0.3) is 0 Å². The van der Waals surface area contributed by atoms with E-state index in [1.165, 1.54) is 0 Å². The Morgan fingerprint density at radius 3 is 2.41 bits per heavy atom. The number of halogens is 4. The molecule has 1 rings (SSSR count). The normalized spacial score (nSPS) is 11.1. The average molecular weight is 291 g/mol. The predicted octanol–water partition coefficient (Wildman–Crippen LogP) is 2.17. The zero-order valence-electron chi connectivity index (χ0n) is 8.45. The highest BCUT2D eigenvalue weighted by molar-refractivity contribution is 7.13. The van der Waals surface area contributed by atoms with E-state index >= 15 is 0 Å². The minimum atomic E-state index is -4.73. The van der Waals surface area contributed by atoms with Gasteiger partial charge < -0.3 is 10.8 Å². The molecule has 0 atom stereocenters. The van der Waals surface area contributed by atoms with Crippen LogP contribution in [-0.4, -0.2) is 22.6 Å². The molecule has 98 valence electrons. The predicted molar refractivity (Wildman–Crippen MR) is 58.7 cm³/mol. The van der Waals surface area contributed by atoms with Crippen molar-refractivity contribution >= 4 is 29.7 Å². The number of hydrogen-bond acceptors (Lipinski definition) is 4. The lowest BCUT2D eigenvalue weighted by Crippen LogP contribution is -2.11. The van der Waals surface area contributed by atoms with Crippen molar-refractivity contribution in [1.29, 1.82) is 0 Å². The first kappa shape index (κ1) is 16.1. The Bertz CT molecular complexity index is 395. The van der Waals surface area contributed by atoms with Crippen molar-refractivity contribution in [2.24, 2.45) is 5.73 Å². The van der Waals surface area contributed by atoms with Gasteiger partial charge in [-0.1, -0.05) is 0 Å². The van der Waals surface area contributed by atoms with Crippen LogP contribution in [-0.2, 0) is 12.6 Å².